The fourth-order valence-corrected chi connectivity index (χ4v) is 3.41. The molecule has 11 heteroatoms. The van der Waals surface area contributed by atoms with Crippen molar-refractivity contribution >= 4 is 39.5 Å². The van der Waals surface area contributed by atoms with Crippen molar-refractivity contribution in [3.63, 3.8) is 0 Å². The van der Waals surface area contributed by atoms with Crippen LogP contribution in [0.15, 0.2) is 29.2 Å². The minimum absolute atomic E-state index is 0.110. The molecule has 1 aromatic rings. The van der Waals surface area contributed by atoms with Crippen LogP contribution in [0.5, 0.6) is 0 Å². The molecule has 0 aromatic heterocycles. The van der Waals surface area contributed by atoms with Crippen LogP contribution in [0.4, 0.5) is 4.79 Å². The topological polar surface area (TPSA) is 131 Å². The molecule has 9 nitrogen and oxygen atoms in total. The van der Waals surface area contributed by atoms with Crippen LogP contribution in [0, 0.1) is 5.92 Å². The molecule has 0 aliphatic rings. The molecule has 0 radical (unpaired) electrons. The average molecular weight is 406 g/mol. The molecule has 0 heterocycles. The van der Waals surface area contributed by atoms with Crippen molar-refractivity contribution in [2.75, 3.05) is 13.7 Å². The van der Waals surface area contributed by atoms with Crippen LogP contribution in [-0.4, -0.2) is 46.0 Å². The lowest BCUT2D eigenvalue weighted by molar-refractivity contribution is -0.150. The fraction of sp³-hybridized carbons (Fsp3) is 0.400. The molecule has 0 unspecified atom stereocenters. The van der Waals surface area contributed by atoms with Crippen molar-refractivity contribution in [2.24, 2.45) is 5.92 Å². The van der Waals surface area contributed by atoms with Crippen LogP contribution in [0.1, 0.15) is 13.8 Å². The van der Waals surface area contributed by atoms with Crippen molar-refractivity contribution in [2.45, 2.75) is 24.8 Å². The normalized spacial score (nSPS) is 12.3. The first-order chi connectivity index (χ1) is 12.1. The molecule has 0 spiro atoms. The van der Waals surface area contributed by atoms with Gasteiger partial charge >= 0.3 is 12.0 Å². The van der Waals surface area contributed by atoms with Gasteiger partial charge in [0, 0.05) is 12.1 Å². The van der Waals surface area contributed by atoms with Crippen molar-refractivity contribution in [3.05, 3.63) is 29.3 Å². The predicted octanol–water partition coefficient (Wildman–Crippen LogP) is 0.642. The summed E-state index contributed by atoms with van der Waals surface area (Å²) in [6.45, 7) is 2.49. The highest BCUT2D eigenvalue weighted by Crippen LogP contribution is 2.17. The van der Waals surface area contributed by atoms with Crippen LogP contribution in [0.2, 0.25) is 5.02 Å². The summed E-state index contributed by atoms with van der Waals surface area (Å²) in [4.78, 5) is 34.5. The Morgan fingerprint density at radius 3 is 2.42 bits per heavy atom. The summed E-state index contributed by atoms with van der Waals surface area (Å²) in [5.74, 6) is -2.26. The Morgan fingerprint density at radius 2 is 1.88 bits per heavy atom. The summed E-state index contributed by atoms with van der Waals surface area (Å²) < 4.78 is 31.9. The number of urea groups is 1. The van der Waals surface area contributed by atoms with Gasteiger partial charge in [0.2, 0.25) is 10.0 Å². The second-order valence-corrected chi connectivity index (χ2v) is 7.69. The number of ether oxygens (including phenoxy) is 1. The number of carbonyl (C=O) groups is 3. The van der Waals surface area contributed by atoms with Crippen LogP contribution in [0.3, 0.4) is 0 Å². The van der Waals surface area contributed by atoms with E-state index in [1.54, 1.807) is 13.8 Å². The largest absolute Gasteiger partial charge is 0.454 e. The molecule has 1 rings (SSSR count). The first-order valence-electron chi connectivity index (χ1n) is 7.53. The standard InChI is InChI=1S/C15H20ClN3O6S/c1-9(2)13(14(21)25-8-12(20)18-15(22)17-3)19-26(23,24)11-6-4-5-10(16)7-11/h4-7,9,13,19H,8H2,1-3H3,(H2,17,18,20,22)/t13-/m0/s1. The maximum atomic E-state index is 12.4. The smallest absolute Gasteiger partial charge is 0.324 e. The second kappa shape index (κ2) is 9.51. The zero-order valence-corrected chi connectivity index (χ0v) is 16.0. The number of esters is 1. The van der Waals surface area contributed by atoms with E-state index >= 15 is 0 Å². The highest BCUT2D eigenvalue weighted by atomic mass is 35.5. The van der Waals surface area contributed by atoms with Crippen LogP contribution in [0.25, 0.3) is 0 Å². The van der Waals surface area contributed by atoms with Crippen LogP contribution in [-0.2, 0) is 24.3 Å². The molecule has 0 saturated heterocycles. The maximum absolute atomic E-state index is 12.4. The van der Waals surface area contributed by atoms with Gasteiger partial charge in [-0.15, -0.1) is 0 Å². The fourth-order valence-electron chi connectivity index (χ4n) is 1.78. The van der Waals surface area contributed by atoms with Crippen molar-refractivity contribution in [1.82, 2.24) is 15.4 Å². The van der Waals surface area contributed by atoms with Crippen LogP contribution >= 0.6 is 11.6 Å². The Morgan fingerprint density at radius 1 is 1.23 bits per heavy atom. The molecule has 1 atom stereocenters. The molecule has 0 aliphatic heterocycles. The van der Waals surface area contributed by atoms with Crippen molar-refractivity contribution < 1.29 is 27.5 Å². The zero-order chi connectivity index (χ0) is 19.9. The summed E-state index contributed by atoms with van der Waals surface area (Å²) in [5, 5.41) is 4.30. The predicted molar refractivity (Wildman–Crippen MR) is 94.0 cm³/mol. The number of benzene rings is 1. The van der Waals surface area contributed by atoms with E-state index in [-0.39, 0.29) is 9.92 Å². The minimum atomic E-state index is -4.03. The van der Waals surface area contributed by atoms with E-state index in [0.717, 1.165) is 0 Å². The number of nitrogens with one attached hydrogen (secondary N) is 3. The Kier molecular flexibility index (Phi) is 8.00. The third-order valence-corrected chi connectivity index (χ3v) is 4.81. The zero-order valence-electron chi connectivity index (χ0n) is 14.4. The van der Waals surface area contributed by atoms with E-state index in [4.69, 9.17) is 16.3 Å². The highest BCUT2D eigenvalue weighted by molar-refractivity contribution is 7.89. The van der Waals surface area contributed by atoms with E-state index < -0.39 is 46.5 Å². The van der Waals surface area contributed by atoms with Gasteiger partial charge in [-0.1, -0.05) is 31.5 Å². The SMILES string of the molecule is CNC(=O)NC(=O)COC(=O)[C@@H](NS(=O)(=O)c1cccc(Cl)c1)C(C)C. The van der Waals surface area contributed by atoms with Gasteiger partial charge in [0.25, 0.3) is 5.91 Å². The van der Waals surface area contributed by atoms with Gasteiger partial charge in [0.15, 0.2) is 6.61 Å². The van der Waals surface area contributed by atoms with Gasteiger partial charge in [-0.3, -0.25) is 14.9 Å². The molecule has 144 valence electrons. The quantitative estimate of drug-likeness (QED) is 0.570. The van der Waals surface area contributed by atoms with Crippen molar-refractivity contribution in [1.29, 1.82) is 0 Å². The summed E-state index contributed by atoms with van der Waals surface area (Å²) >= 11 is 5.79. The van der Waals surface area contributed by atoms with Crippen LogP contribution < -0.4 is 15.4 Å². The number of hydrogen-bond acceptors (Lipinski definition) is 6. The minimum Gasteiger partial charge on any atom is -0.454 e. The number of halogens is 1. The van der Waals surface area contributed by atoms with E-state index in [2.05, 4.69) is 10.0 Å². The molecule has 0 fully saturated rings. The number of imide groups is 1. The van der Waals surface area contributed by atoms with Gasteiger partial charge in [-0.25, -0.2) is 13.2 Å². The molecule has 1 aromatic carbocycles. The molecule has 3 N–H and O–H groups in total. The van der Waals surface area contributed by atoms with Crippen molar-refractivity contribution in [3.8, 4) is 0 Å². The molecule has 26 heavy (non-hydrogen) atoms. The second-order valence-electron chi connectivity index (χ2n) is 5.54. The number of hydrogen-bond donors (Lipinski definition) is 3. The lowest BCUT2D eigenvalue weighted by Gasteiger charge is -2.20. The molecule has 0 aliphatic carbocycles. The summed E-state index contributed by atoms with van der Waals surface area (Å²) in [6, 6.07) is 3.56. The van der Waals surface area contributed by atoms with E-state index in [9.17, 15) is 22.8 Å². The molecule has 0 bridgehead atoms. The first kappa shape index (κ1) is 21.9. The van der Waals surface area contributed by atoms with Gasteiger partial charge in [0.05, 0.1) is 4.90 Å². The first-order valence-corrected chi connectivity index (χ1v) is 9.39. The lowest BCUT2D eigenvalue weighted by Crippen LogP contribution is -2.46. The third-order valence-electron chi connectivity index (χ3n) is 3.13. The number of carbonyl (C=O) groups excluding carboxylic acids is 3. The van der Waals surface area contributed by atoms with Gasteiger partial charge in [0.1, 0.15) is 6.04 Å². The highest BCUT2D eigenvalue weighted by Gasteiger charge is 2.30. The lowest BCUT2D eigenvalue weighted by atomic mass is 10.1. The van der Waals surface area contributed by atoms with E-state index in [0.29, 0.717) is 0 Å². The summed E-state index contributed by atoms with van der Waals surface area (Å²) in [6.07, 6.45) is 0. The monoisotopic (exact) mass is 405 g/mol. The third kappa shape index (κ3) is 6.62. The Balaban J connectivity index is 2.80. The maximum Gasteiger partial charge on any atom is 0.324 e. The summed E-state index contributed by atoms with van der Waals surface area (Å²) in [7, 11) is -2.72. The van der Waals surface area contributed by atoms with E-state index in [1.165, 1.54) is 31.3 Å². The Bertz CT molecular complexity index is 781. The Labute approximate surface area is 156 Å². The average Bonchev–Trinajstić information content (AvgIpc) is 2.57. The van der Waals surface area contributed by atoms with Gasteiger partial charge in [-0.05, 0) is 24.1 Å². The summed E-state index contributed by atoms with van der Waals surface area (Å²) in [5.41, 5.74) is 0. The van der Waals surface area contributed by atoms with Gasteiger partial charge < -0.3 is 10.1 Å². The molecule has 3 amide bonds. The molecular formula is C15H20ClN3O6S. The number of amides is 3. The molecule has 0 saturated carbocycles. The molecular weight excluding hydrogens is 386 g/mol. The number of sulfonamides is 1. The van der Waals surface area contributed by atoms with E-state index in [1.807, 2.05) is 5.32 Å². The Hall–Kier alpha value is -2.17. The van der Waals surface area contributed by atoms with Gasteiger partial charge in [-0.2, -0.15) is 4.72 Å². The number of rotatable bonds is 7.